The Morgan fingerprint density at radius 2 is 2.21 bits per heavy atom. The SMILES string of the molecule is CN[C@@](C)(C(=O)O)c1cccc(Br)c1. The van der Waals surface area contributed by atoms with E-state index in [-0.39, 0.29) is 0 Å². The van der Waals surface area contributed by atoms with Crippen molar-refractivity contribution in [1.29, 1.82) is 0 Å². The number of rotatable bonds is 3. The summed E-state index contributed by atoms with van der Waals surface area (Å²) in [5.41, 5.74) is -0.314. The fourth-order valence-corrected chi connectivity index (χ4v) is 1.57. The second-order valence-corrected chi connectivity index (χ2v) is 4.11. The summed E-state index contributed by atoms with van der Waals surface area (Å²) in [6.45, 7) is 1.64. The van der Waals surface area contributed by atoms with Crippen molar-refractivity contribution in [3.8, 4) is 0 Å². The van der Waals surface area contributed by atoms with Crippen LogP contribution < -0.4 is 5.32 Å². The zero-order chi connectivity index (χ0) is 10.8. The first-order valence-corrected chi connectivity index (χ1v) is 4.98. The molecule has 3 nitrogen and oxygen atoms in total. The van der Waals surface area contributed by atoms with Gasteiger partial charge in [0.2, 0.25) is 0 Å². The first-order valence-electron chi connectivity index (χ1n) is 4.19. The van der Waals surface area contributed by atoms with E-state index in [0.29, 0.717) is 0 Å². The molecule has 1 aromatic carbocycles. The third-order valence-electron chi connectivity index (χ3n) is 2.33. The van der Waals surface area contributed by atoms with Crippen molar-refractivity contribution in [3.05, 3.63) is 34.3 Å². The Kier molecular flexibility index (Phi) is 3.29. The highest BCUT2D eigenvalue weighted by atomic mass is 79.9. The number of hydrogen-bond donors (Lipinski definition) is 2. The average Bonchev–Trinajstić information content (AvgIpc) is 2.16. The Morgan fingerprint density at radius 3 is 2.64 bits per heavy atom. The van der Waals surface area contributed by atoms with E-state index in [4.69, 9.17) is 5.11 Å². The molecule has 4 heteroatoms. The molecule has 0 aliphatic carbocycles. The van der Waals surface area contributed by atoms with Gasteiger partial charge in [0.1, 0.15) is 5.54 Å². The van der Waals surface area contributed by atoms with Crippen LogP contribution in [0.4, 0.5) is 0 Å². The highest BCUT2D eigenvalue weighted by Crippen LogP contribution is 2.23. The smallest absolute Gasteiger partial charge is 0.328 e. The fraction of sp³-hybridized carbons (Fsp3) is 0.300. The van der Waals surface area contributed by atoms with E-state index in [2.05, 4.69) is 21.2 Å². The van der Waals surface area contributed by atoms with Crippen LogP contribution >= 0.6 is 15.9 Å². The summed E-state index contributed by atoms with van der Waals surface area (Å²) in [4.78, 5) is 11.1. The number of likely N-dealkylation sites (N-methyl/N-ethyl adjacent to an activating group) is 1. The normalized spacial score (nSPS) is 14.8. The van der Waals surface area contributed by atoms with Crippen LogP contribution in [0.3, 0.4) is 0 Å². The first kappa shape index (κ1) is 11.2. The Hall–Kier alpha value is -0.870. The van der Waals surface area contributed by atoms with Gasteiger partial charge in [0.25, 0.3) is 0 Å². The van der Waals surface area contributed by atoms with Crippen LogP contribution in [0.2, 0.25) is 0 Å². The van der Waals surface area contributed by atoms with Gasteiger partial charge in [-0.3, -0.25) is 0 Å². The predicted molar refractivity (Wildman–Crippen MR) is 58.2 cm³/mol. The van der Waals surface area contributed by atoms with Crippen molar-refractivity contribution in [2.75, 3.05) is 7.05 Å². The molecule has 2 N–H and O–H groups in total. The second kappa shape index (κ2) is 4.11. The van der Waals surface area contributed by atoms with Crippen LogP contribution in [-0.4, -0.2) is 18.1 Å². The molecule has 0 amide bonds. The summed E-state index contributed by atoms with van der Waals surface area (Å²) < 4.78 is 0.873. The molecule has 0 saturated heterocycles. The molecule has 76 valence electrons. The summed E-state index contributed by atoms with van der Waals surface area (Å²) in [7, 11) is 1.63. The van der Waals surface area contributed by atoms with E-state index in [1.807, 2.05) is 12.1 Å². The van der Waals surface area contributed by atoms with Gasteiger partial charge < -0.3 is 10.4 Å². The van der Waals surface area contributed by atoms with Gasteiger partial charge in [0, 0.05) is 4.47 Å². The lowest BCUT2D eigenvalue weighted by atomic mass is 9.92. The topological polar surface area (TPSA) is 49.3 Å². The lowest BCUT2D eigenvalue weighted by Gasteiger charge is -2.24. The van der Waals surface area contributed by atoms with Gasteiger partial charge in [-0.25, -0.2) is 4.79 Å². The van der Waals surface area contributed by atoms with E-state index in [9.17, 15) is 4.79 Å². The quantitative estimate of drug-likeness (QED) is 0.871. The Balaban J connectivity index is 3.19. The average molecular weight is 258 g/mol. The minimum atomic E-state index is -1.04. The minimum Gasteiger partial charge on any atom is -0.480 e. The van der Waals surface area contributed by atoms with Crippen molar-refractivity contribution in [2.45, 2.75) is 12.5 Å². The van der Waals surface area contributed by atoms with Crippen molar-refractivity contribution >= 4 is 21.9 Å². The number of benzene rings is 1. The molecule has 1 atom stereocenters. The maximum Gasteiger partial charge on any atom is 0.328 e. The van der Waals surface area contributed by atoms with Gasteiger partial charge in [0.05, 0.1) is 0 Å². The van der Waals surface area contributed by atoms with Crippen LogP contribution in [0, 0.1) is 0 Å². The van der Waals surface area contributed by atoms with Crippen LogP contribution in [-0.2, 0) is 10.3 Å². The molecule has 14 heavy (non-hydrogen) atoms. The van der Waals surface area contributed by atoms with E-state index < -0.39 is 11.5 Å². The monoisotopic (exact) mass is 257 g/mol. The van der Waals surface area contributed by atoms with E-state index in [1.165, 1.54) is 0 Å². The zero-order valence-corrected chi connectivity index (χ0v) is 9.63. The summed E-state index contributed by atoms with van der Waals surface area (Å²) in [6, 6.07) is 7.26. The van der Waals surface area contributed by atoms with Gasteiger partial charge >= 0.3 is 5.97 Å². The van der Waals surface area contributed by atoms with Crippen molar-refractivity contribution in [1.82, 2.24) is 5.32 Å². The van der Waals surface area contributed by atoms with Crippen LogP contribution in [0.15, 0.2) is 28.7 Å². The molecule has 0 bridgehead atoms. The van der Waals surface area contributed by atoms with Crippen LogP contribution in [0.25, 0.3) is 0 Å². The molecule has 0 spiro atoms. The van der Waals surface area contributed by atoms with Gasteiger partial charge in [-0.15, -0.1) is 0 Å². The standard InChI is InChI=1S/C10H12BrNO2/c1-10(12-2,9(13)14)7-4-3-5-8(11)6-7/h3-6,12H,1-2H3,(H,13,14)/t10-/m1/s1. The lowest BCUT2D eigenvalue weighted by molar-refractivity contribution is -0.144. The van der Waals surface area contributed by atoms with E-state index >= 15 is 0 Å². The Morgan fingerprint density at radius 1 is 1.57 bits per heavy atom. The van der Waals surface area contributed by atoms with Gasteiger partial charge in [-0.2, -0.15) is 0 Å². The van der Waals surface area contributed by atoms with Crippen LogP contribution in [0.5, 0.6) is 0 Å². The number of carbonyl (C=O) groups is 1. The molecule has 0 unspecified atom stereocenters. The molecule has 0 aliphatic heterocycles. The molecule has 0 aromatic heterocycles. The minimum absolute atomic E-state index is 0.724. The third kappa shape index (κ3) is 1.96. The molecular formula is C10H12BrNO2. The largest absolute Gasteiger partial charge is 0.480 e. The number of carboxylic acid groups (broad SMARTS) is 1. The number of hydrogen-bond acceptors (Lipinski definition) is 2. The zero-order valence-electron chi connectivity index (χ0n) is 8.04. The summed E-state index contributed by atoms with van der Waals surface area (Å²) >= 11 is 3.31. The molecule has 0 saturated carbocycles. The molecule has 0 fully saturated rings. The predicted octanol–water partition coefficient (Wildman–Crippen LogP) is 1.97. The molecule has 1 rings (SSSR count). The molecule has 0 heterocycles. The fourth-order valence-electron chi connectivity index (χ4n) is 1.17. The molecule has 0 radical (unpaired) electrons. The second-order valence-electron chi connectivity index (χ2n) is 3.19. The number of nitrogens with one attached hydrogen (secondary N) is 1. The molecule has 0 aliphatic rings. The van der Waals surface area contributed by atoms with Gasteiger partial charge in [0.15, 0.2) is 0 Å². The molecule has 1 aromatic rings. The Labute approximate surface area is 91.3 Å². The van der Waals surface area contributed by atoms with Gasteiger partial charge in [-0.1, -0.05) is 28.1 Å². The van der Waals surface area contributed by atoms with Crippen LogP contribution in [0.1, 0.15) is 12.5 Å². The van der Waals surface area contributed by atoms with Crippen molar-refractivity contribution < 1.29 is 9.90 Å². The van der Waals surface area contributed by atoms with E-state index in [0.717, 1.165) is 10.0 Å². The number of halogens is 1. The third-order valence-corrected chi connectivity index (χ3v) is 2.82. The number of aliphatic carboxylic acids is 1. The van der Waals surface area contributed by atoms with E-state index in [1.54, 1.807) is 26.1 Å². The number of carboxylic acids is 1. The highest BCUT2D eigenvalue weighted by Gasteiger charge is 2.33. The maximum atomic E-state index is 11.1. The van der Waals surface area contributed by atoms with Crippen molar-refractivity contribution in [3.63, 3.8) is 0 Å². The first-order chi connectivity index (χ1) is 6.50. The summed E-state index contributed by atoms with van der Waals surface area (Å²) in [5, 5.41) is 11.9. The van der Waals surface area contributed by atoms with Gasteiger partial charge in [-0.05, 0) is 31.7 Å². The van der Waals surface area contributed by atoms with Crippen molar-refractivity contribution in [2.24, 2.45) is 0 Å². The summed E-state index contributed by atoms with van der Waals surface area (Å²) in [5.74, 6) is -0.891. The Bertz CT molecular complexity index is 354. The lowest BCUT2D eigenvalue weighted by Crippen LogP contribution is -2.44. The molecular weight excluding hydrogens is 246 g/mol. The maximum absolute atomic E-state index is 11.1. The highest BCUT2D eigenvalue weighted by molar-refractivity contribution is 9.10. The summed E-state index contributed by atoms with van der Waals surface area (Å²) in [6.07, 6.45) is 0.